The van der Waals surface area contributed by atoms with Crippen LogP contribution >= 0.6 is 11.3 Å². The summed E-state index contributed by atoms with van der Waals surface area (Å²) in [6, 6.07) is 7.68. The molecule has 2 atom stereocenters. The quantitative estimate of drug-likeness (QED) is 0.942. The highest BCUT2D eigenvalue weighted by Crippen LogP contribution is 2.35. The van der Waals surface area contributed by atoms with Crippen LogP contribution in [0, 0.1) is 0 Å². The molecule has 3 rings (SSSR count). The summed E-state index contributed by atoms with van der Waals surface area (Å²) in [6.45, 7) is 0.821. The Kier molecular flexibility index (Phi) is 4.31. The summed E-state index contributed by atoms with van der Waals surface area (Å²) in [5, 5.41) is 11.6. The minimum absolute atomic E-state index is 0.00870. The Morgan fingerprint density at radius 3 is 2.81 bits per heavy atom. The van der Waals surface area contributed by atoms with Gasteiger partial charge in [0.25, 0.3) is 0 Å². The number of aromatic nitrogens is 1. The van der Waals surface area contributed by atoms with Crippen LogP contribution in [0.3, 0.4) is 0 Å². The molecule has 1 aliphatic heterocycles. The summed E-state index contributed by atoms with van der Waals surface area (Å²) >= 11 is 1.68. The second kappa shape index (κ2) is 6.37. The average Bonchev–Trinajstić information content (AvgIpc) is 3.03. The summed E-state index contributed by atoms with van der Waals surface area (Å²) in [4.78, 5) is 19.0. The van der Waals surface area contributed by atoms with E-state index >= 15 is 0 Å². The number of nitrogens with zero attached hydrogens (tertiary/aromatic N) is 2. The SMILES string of the molecule is O=C(O)C1CCCCN1C(c1ccncc1)c1cccs1. The van der Waals surface area contributed by atoms with E-state index in [1.165, 1.54) is 4.88 Å². The summed E-state index contributed by atoms with van der Waals surface area (Å²) < 4.78 is 0. The van der Waals surface area contributed by atoms with Crippen LogP contribution < -0.4 is 0 Å². The van der Waals surface area contributed by atoms with Gasteiger partial charge in [-0.2, -0.15) is 0 Å². The van der Waals surface area contributed by atoms with Crippen LogP contribution in [0.2, 0.25) is 0 Å². The van der Waals surface area contributed by atoms with Crippen LogP contribution in [0.4, 0.5) is 0 Å². The van der Waals surface area contributed by atoms with Crippen molar-refractivity contribution in [1.82, 2.24) is 9.88 Å². The number of pyridine rings is 1. The minimum atomic E-state index is -0.717. The first-order chi connectivity index (χ1) is 10.3. The van der Waals surface area contributed by atoms with E-state index in [2.05, 4.69) is 16.0 Å². The van der Waals surface area contributed by atoms with Gasteiger partial charge in [-0.3, -0.25) is 14.7 Å². The van der Waals surface area contributed by atoms with Crippen LogP contribution in [0.5, 0.6) is 0 Å². The molecule has 2 unspecified atom stereocenters. The van der Waals surface area contributed by atoms with Crippen molar-refractivity contribution in [2.45, 2.75) is 31.3 Å². The number of thiophene rings is 1. The smallest absolute Gasteiger partial charge is 0.320 e. The topological polar surface area (TPSA) is 53.4 Å². The number of likely N-dealkylation sites (tertiary alicyclic amines) is 1. The van der Waals surface area contributed by atoms with Crippen LogP contribution in [-0.4, -0.2) is 33.5 Å². The van der Waals surface area contributed by atoms with E-state index in [1.54, 1.807) is 23.7 Å². The molecule has 0 spiro atoms. The fourth-order valence-corrected chi connectivity index (χ4v) is 3.91. The first-order valence-corrected chi connectivity index (χ1v) is 8.07. The summed E-state index contributed by atoms with van der Waals surface area (Å²) in [7, 11) is 0. The molecule has 4 nitrogen and oxygen atoms in total. The molecule has 0 amide bonds. The van der Waals surface area contributed by atoms with Crippen molar-refractivity contribution in [2.75, 3.05) is 6.54 Å². The first-order valence-electron chi connectivity index (χ1n) is 7.19. The van der Waals surface area contributed by atoms with Crippen molar-refractivity contribution in [2.24, 2.45) is 0 Å². The number of piperidine rings is 1. The van der Waals surface area contributed by atoms with Crippen LogP contribution in [0.25, 0.3) is 0 Å². The normalized spacial score (nSPS) is 21.0. The molecule has 0 bridgehead atoms. The maximum atomic E-state index is 11.6. The zero-order valence-electron chi connectivity index (χ0n) is 11.7. The molecule has 1 N–H and O–H groups in total. The standard InChI is InChI=1S/C16H18N2O2S/c19-16(20)13-4-1-2-10-18(13)15(14-5-3-11-21-14)12-6-8-17-9-7-12/h3,5-9,11,13,15H,1-2,4,10H2,(H,19,20). The number of hydrogen-bond donors (Lipinski definition) is 1. The van der Waals surface area contributed by atoms with E-state index in [0.29, 0.717) is 0 Å². The summed E-state index contributed by atoms with van der Waals surface area (Å²) in [6.07, 6.45) is 6.31. The first kappa shape index (κ1) is 14.2. The van der Waals surface area contributed by atoms with Gasteiger partial charge in [0.2, 0.25) is 0 Å². The van der Waals surface area contributed by atoms with Crippen molar-refractivity contribution < 1.29 is 9.90 Å². The van der Waals surface area contributed by atoms with E-state index < -0.39 is 12.0 Å². The molecule has 0 aliphatic carbocycles. The van der Waals surface area contributed by atoms with Crippen molar-refractivity contribution in [3.05, 3.63) is 52.5 Å². The van der Waals surface area contributed by atoms with Gasteiger partial charge >= 0.3 is 5.97 Å². The zero-order valence-corrected chi connectivity index (χ0v) is 12.5. The Labute approximate surface area is 128 Å². The third-order valence-electron chi connectivity index (χ3n) is 4.00. The van der Waals surface area contributed by atoms with Crippen molar-refractivity contribution in [1.29, 1.82) is 0 Å². The van der Waals surface area contributed by atoms with Gasteiger partial charge in [0.05, 0.1) is 6.04 Å². The molecule has 5 heteroatoms. The zero-order chi connectivity index (χ0) is 14.7. The molecule has 1 aliphatic rings. The van der Waals surface area contributed by atoms with Crippen molar-refractivity contribution in [3.63, 3.8) is 0 Å². The van der Waals surface area contributed by atoms with Crippen LogP contribution in [-0.2, 0) is 4.79 Å². The molecule has 0 aromatic carbocycles. The fourth-order valence-electron chi connectivity index (χ4n) is 3.04. The largest absolute Gasteiger partial charge is 0.480 e. The van der Waals surface area contributed by atoms with E-state index in [-0.39, 0.29) is 6.04 Å². The van der Waals surface area contributed by atoms with Crippen LogP contribution in [0.1, 0.15) is 35.7 Å². The molecular weight excluding hydrogens is 284 g/mol. The van der Waals surface area contributed by atoms with Gasteiger partial charge < -0.3 is 5.11 Å². The fraction of sp³-hybridized carbons (Fsp3) is 0.375. The Bertz CT molecular complexity index is 586. The van der Waals surface area contributed by atoms with E-state index in [1.807, 2.05) is 23.6 Å². The maximum Gasteiger partial charge on any atom is 0.320 e. The molecule has 2 aromatic heterocycles. The van der Waals surface area contributed by atoms with E-state index in [4.69, 9.17) is 0 Å². The van der Waals surface area contributed by atoms with Gasteiger partial charge in [0, 0.05) is 17.3 Å². The highest BCUT2D eigenvalue weighted by Gasteiger charge is 2.35. The lowest BCUT2D eigenvalue weighted by Crippen LogP contribution is -2.46. The number of carbonyl (C=O) groups is 1. The highest BCUT2D eigenvalue weighted by atomic mass is 32.1. The predicted octanol–water partition coefficient (Wildman–Crippen LogP) is 3.17. The molecule has 0 saturated carbocycles. The van der Waals surface area contributed by atoms with Crippen molar-refractivity contribution in [3.8, 4) is 0 Å². The van der Waals surface area contributed by atoms with Gasteiger partial charge in [-0.05, 0) is 48.5 Å². The number of rotatable bonds is 4. The maximum absolute atomic E-state index is 11.6. The predicted molar refractivity (Wildman–Crippen MR) is 82.4 cm³/mol. The van der Waals surface area contributed by atoms with Gasteiger partial charge in [0.1, 0.15) is 6.04 Å². The van der Waals surface area contributed by atoms with Gasteiger partial charge in [-0.25, -0.2) is 0 Å². The molecule has 2 aromatic rings. The molecular formula is C16H18N2O2S. The third kappa shape index (κ3) is 2.99. The summed E-state index contributed by atoms with van der Waals surface area (Å²) in [5.74, 6) is -0.717. The van der Waals surface area contributed by atoms with Gasteiger partial charge in [0.15, 0.2) is 0 Å². The molecule has 21 heavy (non-hydrogen) atoms. The molecule has 3 heterocycles. The number of aliphatic carboxylic acids is 1. The molecule has 110 valence electrons. The van der Waals surface area contributed by atoms with Gasteiger partial charge in [-0.15, -0.1) is 11.3 Å². The summed E-state index contributed by atoms with van der Waals surface area (Å²) in [5.41, 5.74) is 1.11. The number of hydrogen-bond acceptors (Lipinski definition) is 4. The van der Waals surface area contributed by atoms with Crippen LogP contribution in [0.15, 0.2) is 42.0 Å². The lowest BCUT2D eigenvalue weighted by Gasteiger charge is -2.39. The molecule has 0 radical (unpaired) electrons. The van der Waals surface area contributed by atoms with Crippen molar-refractivity contribution >= 4 is 17.3 Å². The average molecular weight is 302 g/mol. The Morgan fingerprint density at radius 1 is 1.33 bits per heavy atom. The lowest BCUT2D eigenvalue weighted by atomic mass is 9.96. The van der Waals surface area contributed by atoms with E-state index in [9.17, 15) is 9.90 Å². The van der Waals surface area contributed by atoms with E-state index in [0.717, 1.165) is 31.4 Å². The number of carboxylic acid groups (broad SMARTS) is 1. The minimum Gasteiger partial charge on any atom is -0.480 e. The number of carboxylic acids is 1. The second-order valence-electron chi connectivity index (χ2n) is 5.29. The lowest BCUT2D eigenvalue weighted by molar-refractivity contribution is -0.145. The Morgan fingerprint density at radius 2 is 2.14 bits per heavy atom. The van der Waals surface area contributed by atoms with Gasteiger partial charge in [-0.1, -0.05) is 12.5 Å². The highest BCUT2D eigenvalue weighted by molar-refractivity contribution is 7.10. The molecule has 1 saturated heterocycles. The monoisotopic (exact) mass is 302 g/mol. The molecule has 1 fully saturated rings. The Hall–Kier alpha value is -1.72. The second-order valence-corrected chi connectivity index (χ2v) is 6.27. The Balaban J connectivity index is 2.00. The third-order valence-corrected chi connectivity index (χ3v) is 4.92.